The van der Waals surface area contributed by atoms with Crippen molar-refractivity contribution in [3.8, 4) is 11.1 Å². The zero-order valence-electron chi connectivity index (χ0n) is 14.9. The Labute approximate surface area is 154 Å². The summed E-state index contributed by atoms with van der Waals surface area (Å²) in [4.78, 5) is 11.6. The molecule has 0 heterocycles. The number of benzene rings is 3. The van der Waals surface area contributed by atoms with E-state index in [0.717, 1.165) is 22.3 Å². The summed E-state index contributed by atoms with van der Waals surface area (Å²) in [7, 11) is 0. The van der Waals surface area contributed by atoms with Crippen LogP contribution in [0.15, 0.2) is 78.9 Å². The van der Waals surface area contributed by atoms with Crippen molar-refractivity contribution in [3.05, 3.63) is 95.6 Å². The minimum Gasteiger partial charge on any atom is -0.480 e. The maximum Gasteiger partial charge on any atom is 0.321 e. The molecule has 0 bridgehead atoms. The normalized spacial score (nSPS) is 11.9. The molecule has 0 unspecified atom stereocenters. The van der Waals surface area contributed by atoms with E-state index in [-0.39, 0.29) is 0 Å². The van der Waals surface area contributed by atoms with E-state index in [1.165, 1.54) is 5.56 Å². The van der Waals surface area contributed by atoms with Gasteiger partial charge in [0.2, 0.25) is 0 Å². The lowest BCUT2D eigenvalue weighted by atomic mass is 10.0. The monoisotopic (exact) mass is 345 g/mol. The Kier molecular flexibility index (Phi) is 5.82. The van der Waals surface area contributed by atoms with Gasteiger partial charge in [-0.3, -0.25) is 4.79 Å². The number of aliphatic carboxylic acids is 1. The molecule has 3 aromatic carbocycles. The summed E-state index contributed by atoms with van der Waals surface area (Å²) in [5.74, 6) is -0.830. The Bertz CT molecular complexity index is 857. The average Bonchev–Trinajstić information content (AvgIpc) is 2.66. The molecule has 0 radical (unpaired) electrons. The van der Waals surface area contributed by atoms with E-state index in [0.29, 0.717) is 13.0 Å². The van der Waals surface area contributed by atoms with Crippen molar-refractivity contribution in [2.75, 3.05) is 0 Å². The van der Waals surface area contributed by atoms with Crippen molar-refractivity contribution in [3.63, 3.8) is 0 Å². The highest BCUT2D eigenvalue weighted by molar-refractivity contribution is 5.74. The smallest absolute Gasteiger partial charge is 0.321 e. The molecule has 3 aromatic rings. The third-order valence-electron chi connectivity index (χ3n) is 4.45. The van der Waals surface area contributed by atoms with Gasteiger partial charge >= 0.3 is 5.97 Å². The van der Waals surface area contributed by atoms with Crippen LogP contribution in [0.4, 0.5) is 0 Å². The molecule has 3 heteroatoms. The van der Waals surface area contributed by atoms with Gasteiger partial charge in [-0.25, -0.2) is 0 Å². The van der Waals surface area contributed by atoms with Crippen molar-refractivity contribution < 1.29 is 9.90 Å². The molecule has 0 aromatic heterocycles. The molecule has 3 nitrogen and oxygen atoms in total. The number of hydrogen-bond acceptors (Lipinski definition) is 2. The minimum absolute atomic E-state index is 0.466. The van der Waals surface area contributed by atoms with E-state index >= 15 is 0 Å². The van der Waals surface area contributed by atoms with Crippen LogP contribution in [-0.4, -0.2) is 17.1 Å². The van der Waals surface area contributed by atoms with Crippen LogP contribution in [0, 0.1) is 6.92 Å². The van der Waals surface area contributed by atoms with Crippen LogP contribution in [0.2, 0.25) is 0 Å². The Morgan fingerprint density at radius 3 is 2.27 bits per heavy atom. The van der Waals surface area contributed by atoms with E-state index in [2.05, 4.69) is 48.6 Å². The first kappa shape index (κ1) is 17.9. The van der Waals surface area contributed by atoms with Gasteiger partial charge in [-0.15, -0.1) is 0 Å². The summed E-state index contributed by atoms with van der Waals surface area (Å²) < 4.78 is 0. The largest absolute Gasteiger partial charge is 0.480 e. The SMILES string of the molecule is Cc1ccc(-c2cccc(CN[C@@H](Cc3ccccc3)C(=O)O)c2)cc1. The fourth-order valence-electron chi connectivity index (χ4n) is 2.94. The van der Waals surface area contributed by atoms with E-state index in [9.17, 15) is 9.90 Å². The lowest BCUT2D eigenvalue weighted by Gasteiger charge is -2.15. The zero-order chi connectivity index (χ0) is 18.4. The van der Waals surface area contributed by atoms with Gasteiger partial charge in [0.15, 0.2) is 0 Å². The number of aryl methyl sites for hydroxylation is 1. The Hall–Kier alpha value is -2.91. The molecule has 0 fully saturated rings. The summed E-state index contributed by atoms with van der Waals surface area (Å²) in [5, 5.41) is 12.7. The highest BCUT2D eigenvalue weighted by Crippen LogP contribution is 2.21. The molecule has 0 spiro atoms. The fraction of sp³-hybridized carbons (Fsp3) is 0.174. The molecule has 0 saturated heterocycles. The highest BCUT2D eigenvalue weighted by atomic mass is 16.4. The first-order valence-corrected chi connectivity index (χ1v) is 8.78. The lowest BCUT2D eigenvalue weighted by molar-refractivity contribution is -0.139. The van der Waals surface area contributed by atoms with Gasteiger partial charge in [-0.2, -0.15) is 0 Å². The third kappa shape index (κ3) is 4.80. The first-order valence-electron chi connectivity index (χ1n) is 8.78. The van der Waals surface area contributed by atoms with Gasteiger partial charge in [-0.1, -0.05) is 78.4 Å². The highest BCUT2D eigenvalue weighted by Gasteiger charge is 2.17. The van der Waals surface area contributed by atoms with Crippen LogP contribution >= 0.6 is 0 Å². The number of carboxylic acids is 1. The number of rotatable bonds is 7. The molecular formula is C23H23NO2. The van der Waals surface area contributed by atoms with Crippen LogP contribution in [0.3, 0.4) is 0 Å². The van der Waals surface area contributed by atoms with Gasteiger partial charge in [-0.05, 0) is 41.7 Å². The predicted octanol–water partition coefficient (Wildman–Crippen LogP) is 4.45. The molecule has 3 rings (SSSR count). The lowest BCUT2D eigenvalue weighted by Crippen LogP contribution is -2.38. The van der Waals surface area contributed by atoms with Crippen molar-refractivity contribution >= 4 is 5.97 Å². The molecule has 26 heavy (non-hydrogen) atoms. The summed E-state index contributed by atoms with van der Waals surface area (Å²) >= 11 is 0. The molecule has 132 valence electrons. The number of hydrogen-bond donors (Lipinski definition) is 2. The van der Waals surface area contributed by atoms with Crippen molar-refractivity contribution in [2.45, 2.75) is 25.9 Å². The molecule has 0 aliphatic rings. The number of carbonyl (C=O) groups is 1. The summed E-state index contributed by atoms with van der Waals surface area (Å²) in [6, 6.07) is 25.7. The second kappa shape index (κ2) is 8.45. The summed E-state index contributed by atoms with van der Waals surface area (Å²) in [6.45, 7) is 2.59. The van der Waals surface area contributed by atoms with Gasteiger partial charge in [0.05, 0.1) is 0 Å². The summed E-state index contributed by atoms with van der Waals surface area (Å²) in [6.07, 6.45) is 0.466. The standard InChI is InChI=1S/C23H23NO2/c1-17-10-12-20(13-11-17)21-9-5-8-19(14-21)16-24-22(23(25)26)15-18-6-3-2-4-7-18/h2-14,22,24H,15-16H2,1H3,(H,25,26)/t22-/m0/s1. The molecule has 2 N–H and O–H groups in total. The Balaban J connectivity index is 1.68. The van der Waals surface area contributed by atoms with E-state index in [1.807, 2.05) is 42.5 Å². The van der Waals surface area contributed by atoms with Crippen LogP contribution in [-0.2, 0) is 17.8 Å². The number of nitrogens with one attached hydrogen (secondary N) is 1. The van der Waals surface area contributed by atoms with Gasteiger partial charge in [0.25, 0.3) is 0 Å². The molecular weight excluding hydrogens is 322 g/mol. The molecule has 0 saturated carbocycles. The zero-order valence-corrected chi connectivity index (χ0v) is 14.9. The van der Waals surface area contributed by atoms with Crippen LogP contribution in [0.1, 0.15) is 16.7 Å². The van der Waals surface area contributed by atoms with Crippen LogP contribution in [0.5, 0.6) is 0 Å². The molecule has 0 amide bonds. The van der Waals surface area contributed by atoms with Gasteiger partial charge in [0.1, 0.15) is 6.04 Å². The van der Waals surface area contributed by atoms with E-state index in [4.69, 9.17) is 0 Å². The Morgan fingerprint density at radius 2 is 1.58 bits per heavy atom. The second-order valence-corrected chi connectivity index (χ2v) is 6.53. The van der Waals surface area contributed by atoms with E-state index in [1.54, 1.807) is 0 Å². The third-order valence-corrected chi connectivity index (χ3v) is 4.45. The topological polar surface area (TPSA) is 49.3 Å². The van der Waals surface area contributed by atoms with E-state index < -0.39 is 12.0 Å². The van der Waals surface area contributed by atoms with Crippen molar-refractivity contribution in [1.29, 1.82) is 0 Å². The maximum absolute atomic E-state index is 11.6. The summed E-state index contributed by atoms with van der Waals surface area (Å²) in [5.41, 5.74) is 5.62. The quantitative estimate of drug-likeness (QED) is 0.665. The molecule has 1 atom stereocenters. The van der Waals surface area contributed by atoms with Crippen molar-refractivity contribution in [1.82, 2.24) is 5.32 Å². The average molecular weight is 345 g/mol. The predicted molar refractivity (Wildman–Crippen MR) is 105 cm³/mol. The fourth-order valence-corrected chi connectivity index (χ4v) is 2.94. The van der Waals surface area contributed by atoms with Crippen LogP contribution < -0.4 is 5.32 Å². The Morgan fingerprint density at radius 1 is 0.885 bits per heavy atom. The first-order chi connectivity index (χ1) is 12.6. The van der Waals surface area contributed by atoms with Gasteiger partial charge in [0, 0.05) is 6.54 Å². The minimum atomic E-state index is -0.830. The maximum atomic E-state index is 11.6. The van der Waals surface area contributed by atoms with Gasteiger partial charge < -0.3 is 10.4 Å². The number of carboxylic acid groups (broad SMARTS) is 1. The van der Waals surface area contributed by atoms with Crippen molar-refractivity contribution in [2.24, 2.45) is 0 Å². The van der Waals surface area contributed by atoms with Crippen LogP contribution in [0.25, 0.3) is 11.1 Å². The molecule has 0 aliphatic carbocycles. The second-order valence-electron chi connectivity index (χ2n) is 6.53. The molecule has 0 aliphatic heterocycles.